The molecule has 2 aromatic rings. The lowest BCUT2D eigenvalue weighted by Gasteiger charge is -2.08. The molecule has 1 heterocycles. The lowest BCUT2D eigenvalue weighted by Crippen LogP contribution is -1.99. The molecule has 3 rings (SSSR count). The van der Waals surface area contributed by atoms with Gasteiger partial charge in [0, 0.05) is 5.56 Å². The second kappa shape index (κ2) is 14.3. The van der Waals surface area contributed by atoms with Gasteiger partial charge in [-0.05, 0) is 48.8 Å². The van der Waals surface area contributed by atoms with Gasteiger partial charge < -0.3 is 4.74 Å². The van der Waals surface area contributed by atoms with Gasteiger partial charge in [0.1, 0.15) is 0 Å². The molecule has 1 aliphatic carbocycles. The van der Waals surface area contributed by atoms with Crippen LogP contribution < -0.4 is 4.74 Å². The van der Waals surface area contributed by atoms with Crippen LogP contribution in [0, 0.1) is 5.92 Å². The summed E-state index contributed by atoms with van der Waals surface area (Å²) in [5, 5.41) is 0. The van der Waals surface area contributed by atoms with E-state index in [4.69, 9.17) is 4.74 Å². The quantitative estimate of drug-likeness (QED) is 0.248. The molecule has 0 fully saturated rings. The third-order valence-corrected chi connectivity index (χ3v) is 6.84. The van der Waals surface area contributed by atoms with Crippen molar-refractivity contribution in [2.45, 2.75) is 110 Å². The van der Waals surface area contributed by atoms with E-state index < -0.39 is 0 Å². The minimum Gasteiger partial charge on any atom is -0.490 e. The first-order chi connectivity index (χ1) is 15.8. The summed E-state index contributed by atoms with van der Waals surface area (Å²) in [5.41, 5.74) is 4.17. The van der Waals surface area contributed by atoms with E-state index in [1.165, 1.54) is 101 Å². The van der Waals surface area contributed by atoms with Crippen LogP contribution in [0.25, 0.3) is 11.4 Å². The lowest BCUT2D eigenvalue weighted by molar-refractivity contribution is 0.302. The Morgan fingerprint density at radius 1 is 0.750 bits per heavy atom. The number of unbranched alkanes of at least 4 members (excludes halogenated alkanes) is 10. The number of rotatable bonds is 16. The molecule has 1 aliphatic rings. The van der Waals surface area contributed by atoms with Crippen LogP contribution in [-0.4, -0.2) is 16.6 Å². The lowest BCUT2D eigenvalue weighted by atomic mass is 9.97. The first-order valence-corrected chi connectivity index (χ1v) is 13.4. The number of aromatic nitrogens is 2. The van der Waals surface area contributed by atoms with Crippen molar-refractivity contribution in [3.05, 3.63) is 41.7 Å². The number of ether oxygens (including phenoxy) is 1. The van der Waals surface area contributed by atoms with Crippen molar-refractivity contribution in [2.75, 3.05) is 6.61 Å². The highest BCUT2D eigenvalue weighted by atomic mass is 16.5. The van der Waals surface area contributed by atoms with Crippen LogP contribution in [0.5, 0.6) is 5.75 Å². The van der Waals surface area contributed by atoms with E-state index in [0.717, 1.165) is 36.1 Å². The Kier molecular flexibility index (Phi) is 11.0. The molecule has 3 nitrogen and oxygen atoms in total. The average molecular weight is 437 g/mol. The second-order valence-electron chi connectivity index (χ2n) is 9.67. The molecule has 0 saturated carbocycles. The molecule has 0 bridgehead atoms. The Balaban J connectivity index is 1.41. The Hall–Kier alpha value is -1.90. The molecule has 1 aromatic carbocycles. The fraction of sp³-hybridized carbons (Fsp3) is 0.655. The molecular formula is C29H44N2O. The first kappa shape index (κ1) is 24.7. The van der Waals surface area contributed by atoms with Crippen molar-refractivity contribution in [3.63, 3.8) is 0 Å². The normalized spacial score (nSPS) is 15.1. The molecule has 0 aliphatic heterocycles. The molecule has 0 saturated heterocycles. The van der Waals surface area contributed by atoms with E-state index in [-0.39, 0.29) is 0 Å². The molecule has 0 radical (unpaired) electrons. The van der Waals surface area contributed by atoms with E-state index >= 15 is 0 Å². The summed E-state index contributed by atoms with van der Waals surface area (Å²) >= 11 is 0. The Morgan fingerprint density at radius 2 is 1.38 bits per heavy atom. The van der Waals surface area contributed by atoms with Crippen molar-refractivity contribution >= 4 is 0 Å². The smallest absolute Gasteiger partial charge is 0.159 e. The SMILES string of the molecule is CCCCCCCCOc1cnc(-c2ccc3c(c2)CC(CCCCCCCC)C3)nc1. The zero-order chi connectivity index (χ0) is 22.4. The molecule has 1 unspecified atom stereocenters. The van der Waals surface area contributed by atoms with Gasteiger partial charge in [0.05, 0.1) is 19.0 Å². The highest BCUT2D eigenvalue weighted by molar-refractivity contribution is 5.58. The number of fused-ring (bicyclic) bond motifs is 1. The Morgan fingerprint density at radius 3 is 2.09 bits per heavy atom. The molecule has 0 amide bonds. The molecule has 1 atom stereocenters. The second-order valence-corrected chi connectivity index (χ2v) is 9.67. The molecule has 0 spiro atoms. The summed E-state index contributed by atoms with van der Waals surface area (Å²) in [4.78, 5) is 9.16. The van der Waals surface area contributed by atoms with Crippen molar-refractivity contribution < 1.29 is 4.74 Å². The van der Waals surface area contributed by atoms with Gasteiger partial charge in [-0.25, -0.2) is 9.97 Å². The van der Waals surface area contributed by atoms with Crippen LogP contribution in [0.15, 0.2) is 30.6 Å². The van der Waals surface area contributed by atoms with Gasteiger partial charge in [-0.1, -0.05) is 96.6 Å². The highest BCUT2D eigenvalue weighted by Crippen LogP contribution is 2.33. The minimum absolute atomic E-state index is 0.758. The molecule has 1 aromatic heterocycles. The van der Waals surface area contributed by atoms with Gasteiger partial charge in [-0.15, -0.1) is 0 Å². The van der Waals surface area contributed by atoms with Crippen LogP contribution in [0.3, 0.4) is 0 Å². The topological polar surface area (TPSA) is 35.0 Å². The van der Waals surface area contributed by atoms with E-state index in [1.807, 2.05) is 12.4 Å². The van der Waals surface area contributed by atoms with Crippen LogP contribution in [0.1, 0.15) is 108 Å². The van der Waals surface area contributed by atoms with Crippen molar-refractivity contribution in [2.24, 2.45) is 5.92 Å². The van der Waals surface area contributed by atoms with Crippen molar-refractivity contribution in [1.29, 1.82) is 0 Å². The van der Waals surface area contributed by atoms with E-state index in [0.29, 0.717) is 0 Å². The molecular weight excluding hydrogens is 392 g/mol. The number of nitrogens with zero attached hydrogens (tertiary/aromatic N) is 2. The van der Waals surface area contributed by atoms with E-state index in [9.17, 15) is 0 Å². The maximum atomic E-state index is 5.83. The number of hydrogen-bond donors (Lipinski definition) is 0. The van der Waals surface area contributed by atoms with Gasteiger partial charge in [0.15, 0.2) is 11.6 Å². The number of hydrogen-bond acceptors (Lipinski definition) is 3. The predicted octanol–water partition coefficient (Wildman–Crippen LogP) is 8.35. The van der Waals surface area contributed by atoms with Crippen LogP contribution >= 0.6 is 0 Å². The summed E-state index contributed by atoms with van der Waals surface area (Å²) in [5.74, 6) is 2.41. The number of benzene rings is 1. The van der Waals surface area contributed by atoms with Gasteiger partial charge in [0.2, 0.25) is 0 Å². The summed E-state index contributed by atoms with van der Waals surface area (Å²) in [6, 6.07) is 6.82. The largest absolute Gasteiger partial charge is 0.490 e. The average Bonchev–Trinajstić information content (AvgIpc) is 3.23. The first-order valence-electron chi connectivity index (χ1n) is 13.4. The van der Waals surface area contributed by atoms with Gasteiger partial charge in [-0.2, -0.15) is 0 Å². The van der Waals surface area contributed by atoms with Crippen LogP contribution in [0.4, 0.5) is 0 Å². The molecule has 32 heavy (non-hydrogen) atoms. The molecule has 0 N–H and O–H groups in total. The fourth-order valence-corrected chi connectivity index (χ4v) is 4.88. The third kappa shape index (κ3) is 8.22. The fourth-order valence-electron chi connectivity index (χ4n) is 4.88. The molecule has 3 heteroatoms. The maximum Gasteiger partial charge on any atom is 0.159 e. The summed E-state index contributed by atoms with van der Waals surface area (Å²) in [7, 11) is 0. The predicted molar refractivity (Wildman–Crippen MR) is 135 cm³/mol. The highest BCUT2D eigenvalue weighted by Gasteiger charge is 2.21. The minimum atomic E-state index is 0.758. The van der Waals surface area contributed by atoms with Crippen LogP contribution in [0.2, 0.25) is 0 Å². The zero-order valence-corrected chi connectivity index (χ0v) is 20.6. The zero-order valence-electron chi connectivity index (χ0n) is 20.6. The monoisotopic (exact) mass is 436 g/mol. The maximum absolute atomic E-state index is 5.83. The van der Waals surface area contributed by atoms with Gasteiger partial charge >= 0.3 is 0 Å². The van der Waals surface area contributed by atoms with Crippen LogP contribution in [-0.2, 0) is 12.8 Å². The van der Waals surface area contributed by atoms with E-state index in [2.05, 4.69) is 42.0 Å². The Labute approximate surface area is 196 Å². The summed E-state index contributed by atoms with van der Waals surface area (Å²) in [6.45, 7) is 5.30. The summed E-state index contributed by atoms with van der Waals surface area (Å²) in [6.07, 6.45) is 23.5. The molecule has 176 valence electrons. The summed E-state index contributed by atoms with van der Waals surface area (Å²) < 4.78 is 5.83. The van der Waals surface area contributed by atoms with Gasteiger partial charge in [-0.3, -0.25) is 0 Å². The standard InChI is InChI=1S/C29H44N2O/c1-3-5-7-9-11-13-15-24-19-25-16-17-26(21-27(25)20-24)29-30-22-28(23-31-29)32-18-14-12-10-8-6-4-2/h16-17,21-24H,3-15,18-20H2,1-2H3. The van der Waals surface area contributed by atoms with E-state index in [1.54, 1.807) is 0 Å². The van der Waals surface area contributed by atoms with Crippen molar-refractivity contribution in [3.8, 4) is 17.1 Å². The van der Waals surface area contributed by atoms with Crippen molar-refractivity contribution in [1.82, 2.24) is 9.97 Å². The Bertz CT molecular complexity index is 771. The third-order valence-electron chi connectivity index (χ3n) is 6.84. The van der Waals surface area contributed by atoms with Gasteiger partial charge in [0.25, 0.3) is 0 Å².